The lowest BCUT2D eigenvalue weighted by molar-refractivity contribution is -0.137. The minimum absolute atomic E-state index is 0.000641. The molecule has 5 nitrogen and oxygen atoms in total. The van der Waals surface area contributed by atoms with Crippen molar-refractivity contribution in [2.75, 3.05) is 11.9 Å². The summed E-state index contributed by atoms with van der Waals surface area (Å²) in [6.07, 6.45) is -4.15. The lowest BCUT2D eigenvalue weighted by Crippen LogP contribution is -2.29. The average Bonchev–Trinajstić information content (AvgIpc) is 3.48. The van der Waals surface area contributed by atoms with Crippen molar-refractivity contribution in [2.24, 2.45) is 0 Å². The molecule has 1 saturated carbocycles. The Morgan fingerprint density at radius 1 is 1.23 bits per heavy atom. The normalized spacial score (nSPS) is 14.5. The second-order valence-corrected chi connectivity index (χ2v) is 7.28. The Labute approximate surface area is 175 Å². The van der Waals surface area contributed by atoms with Gasteiger partial charge in [-0.15, -0.1) is 0 Å². The molecule has 1 aliphatic rings. The number of hydrogen-bond donors (Lipinski definition) is 1. The molecule has 0 atom stereocenters. The highest BCUT2D eigenvalue weighted by molar-refractivity contribution is 6.02. The van der Waals surface area contributed by atoms with Crippen molar-refractivity contribution in [1.29, 1.82) is 5.26 Å². The lowest BCUT2D eigenvalue weighted by Gasteiger charge is -2.18. The van der Waals surface area contributed by atoms with Crippen LogP contribution in [0, 0.1) is 24.1 Å². The molecule has 2 aromatic rings. The molecular formula is C22H18F4N2O3. The van der Waals surface area contributed by atoms with Gasteiger partial charge in [0.1, 0.15) is 11.9 Å². The van der Waals surface area contributed by atoms with E-state index >= 15 is 0 Å². The molecule has 3 rings (SSSR count). The highest BCUT2D eigenvalue weighted by Crippen LogP contribution is 2.50. The third kappa shape index (κ3) is 4.24. The van der Waals surface area contributed by atoms with Crippen molar-refractivity contribution < 1.29 is 31.9 Å². The summed E-state index contributed by atoms with van der Waals surface area (Å²) in [6, 6.07) is 6.78. The van der Waals surface area contributed by atoms with Crippen molar-refractivity contribution >= 4 is 17.6 Å². The number of aryl methyl sites for hydroxylation is 1. The van der Waals surface area contributed by atoms with E-state index in [2.05, 4.69) is 5.32 Å². The molecule has 1 aliphatic carbocycles. The molecule has 0 spiro atoms. The largest absolute Gasteiger partial charge is 0.462 e. The number of benzene rings is 2. The second-order valence-electron chi connectivity index (χ2n) is 7.28. The fraction of sp³-hybridized carbons (Fsp3) is 0.318. The Morgan fingerprint density at radius 2 is 1.90 bits per heavy atom. The van der Waals surface area contributed by atoms with Gasteiger partial charge in [-0.3, -0.25) is 4.79 Å². The Bertz CT molecular complexity index is 1100. The van der Waals surface area contributed by atoms with E-state index in [1.165, 1.54) is 12.1 Å². The molecule has 0 radical (unpaired) electrons. The molecule has 1 amide bonds. The third-order valence-corrected chi connectivity index (χ3v) is 5.19. The fourth-order valence-electron chi connectivity index (χ4n) is 3.50. The number of esters is 1. The van der Waals surface area contributed by atoms with Crippen LogP contribution in [0.25, 0.3) is 0 Å². The first-order chi connectivity index (χ1) is 14.5. The summed E-state index contributed by atoms with van der Waals surface area (Å²) < 4.78 is 57.8. The molecule has 0 bridgehead atoms. The zero-order valence-electron chi connectivity index (χ0n) is 16.7. The summed E-state index contributed by atoms with van der Waals surface area (Å²) in [5.41, 5.74) is -1.83. The predicted molar refractivity (Wildman–Crippen MR) is 103 cm³/mol. The maximum atomic E-state index is 14.4. The van der Waals surface area contributed by atoms with E-state index in [0.717, 1.165) is 12.1 Å². The van der Waals surface area contributed by atoms with Gasteiger partial charge in [-0.25, -0.2) is 9.18 Å². The SMILES string of the molecule is CCOC(=O)c1c(C)cc(NC(=O)C2(c3ccc(C(F)(F)F)cc3F)CC2)cc1C#N. The van der Waals surface area contributed by atoms with Crippen LogP contribution in [-0.4, -0.2) is 18.5 Å². The highest BCUT2D eigenvalue weighted by Gasteiger charge is 2.53. The number of nitrogens with zero attached hydrogens (tertiary/aromatic N) is 1. The summed E-state index contributed by atoms with van der Waals surface area (Å²) in [6.45, 7) is 3.33. The van der Waals surface area contributed by atoms with E-state index in [0.29, 0.717) is 11.6 Å². The van der Waals surface area contributed by atoms with Gasteiger partial charge in [0.05, 0.1) is 28.7 Å². The molecule has 1 N–H and O–H groups in total. The monoisotopic (exact) mass is 434 g/mol. The van der Waals surface area contributed by atoms with E-state index in [-0.39, 0.29) is 41.8 Å². The summed E-state index contributed by atoms with van der Waals surface area (Å²) in [4.78, 5) is 25.0. The maximum Gasteiger partial charge on any atom is 0.416 e. The number of nitrogens with one attached hydrogen (secondary N) is 1. The lowest BCUT2D eigenvalue weighted by atomic mass is 9.92. The topological polar surface area (TPSA) is 79.2 Å². The van der Waals surface area contributed by atoms with Gasteiger partial charge >= 0.3 is 12.1 Å². The van der Waals surface area contributed by atoms with Crippen molar-refractivity contribution in [2.45, 2.75) is 38.3 Å². The molecule has 0 unspecified atom stereocenters. The van der Waals surface area contributed by atoms with Crippen LogP contribution in [-0.2, 0) is 21.1 Å². The molecule has 0 saturated heterocycles. The molecule has 0 aromatic heterocycles. The molecular weight excluding hydrogens is 416 g/mol. The zero-order valence-corrected chi connectivity index (χ0v) is 16.7. The standard InChI is InChI=1S/C22H18F4N2O3/c1-3-31-19(29)18-12(2)8-15(9-13(18)11-27)28-20(30)21(6-7-21)16-5-4-14(10-17(16)23)22(24,25)26/h4-5,8-10H,3,6-7H2,1-2H3,(H,28,30). The van der Waals surface area contributed by atoms with Crippen molar-refractivity contribution in [3.63, 3.8) is 0 Å². The summed E-state index contributed by atoms with van der Waals surface area (Å²) in [5, 5.41) is 12.0. The minimum Gasteiger partial charge on any atom is -0.462 e. The van der Waals surface area contributed by atoms with Crippen LogP contribution in [0.1, 0.15) is 52.4 Å². The number of hydrogen-bond acceptors (Lipinski definition) is 4. The number of rotatable bonds is 5. The summed E-state index contributed by atoms with van der Waals surface area (Å²) in [7, 11) is 0. The minimum atomic E-state index is -4.69. The Morgan fingerprint density at radius 3 is 2.42 bits per heavy atom. The number of ether oxygens (including phenoxy) is 1. The molecule has 0 aliphatic heterocycles. The van der Waals surface area contributed by atoms with Gasteiger partial charge in [0.25, 0.3) is 0 Å². The predicted octanol–water partition coefficient (Wildman–Crippen LogP) is 4.87. The Balaban J connectivity index is 1.89. The number of amides is 1. The molecule has 1 fully saturated rings. The van der Waals surface area contributed by atoms with Crippen LogP contribution in [0.3, 0.4) is 0 Å². The van der Waals surface area contributed by atoms with Gasteiger partial charge in [0, 0.05) is 11.3 Å². The van der Waals surface area contributed by atoms with Crippen LogP contribution in [0.5, 0.6) is 0 Å². The number of nitriles is 1. The number of alkyl halides is 3. The first-order valence-corrected chi connectivity index (χ1v) is 9.44. The number of halogens is 4. The van der Waals surface area contributed by atoms with Crippen molar-refractivity contribution in [3.8, 4) is 6.07 Å². The summed E-state index contributed by atoms with van der Waals surface area (Å²) in [5.74, 6) is -2.37. The van der Waals surface area contributed by atoms with Gasteiger partial charge in [0.15, 0.2) is 0 Å². The van der Waals surface area contributed by atoms with E-state index in [1.807, 2.05) is 6.07 Å². The van der Waals surface area contributed by atoms with Gasteiger partial charge in [-0.1, -0.05) is 6.07 Å². The average molecular weight is 434 g/mol. The number of carbonyl (C=O) groups excluding carboxylic acids is 2. The fourth-order valence-corrected chi connectivity index (χ4v) is 3.50. The molecule has 162 valence electrons. The van der Waals surface area contributed by atoms with Crippen molar-refractivity contribution in [1.82, 2.24) is 0 Å². The molecule has 9 heteroatoms. The van der Waals surface area contributed by atoms with E-state index in [9.17, 15) is 32.4 Å². The van der Waals surface area contributed by atoms with Gasteiger partial charge in [-0.2, -0.15) is 18.4 Å². The van der Waals surface area contributed by atoms with Crippen LogP contribution in [0.2, 0.25) is 0 Å². The Hall–Kier alpha value is -3.41. The van der Waals surface area contributed by atoms with E-state index in [1.54, 1.807) is 13.8 Å². The third-order valence-electron chi connectivity index (χ3n) is 5.19. The van der Waals surface area contributed by atoms with E-state index in [4.69, 9.17) is 4.74 Å². The smallest absolute Gasteiger partial charge is 0.416 e. The molecule has 0 heterocycles. The zero-order chi connectivity index (χ0) is 23.0. The van der Waals surface area contributed by atoms with Crippen LogP contribution < -0.4 is 5.32 Å². The van der Waals surface area contributed by atoms with Gasteiger partial charge < -0.3 is 10.1 Å². The van der Waals surface area contributed by atoms with Gasteiger partial charge in [-0.05, 0) is 56.5 Å². The number of carbonyl (C=O) groups is 2. The van der Waals surface area contributed by atoms with E-state index < -0.39 is 34.8 Å². The highest BCUT2D eigenvalue weighted by atomic mass is 19.4. The molecule has 2 aromatic carbocycles. The maximum absolute atomic E-state index is 14.4. The quantitative estimate of drug-likeness (QED) is 0.538. The second kappa shape index (κ2) is 8.02. The molecule has 31 heavy (non-hydrogen) atoms. The number of anilines is 1. The first kappa shape index (κ1) is 22.3. The van der Waals surface area contributed by atoms with Crippen molar-refractivity contribution in [3.05, 3.63) is 64.0 Å². The first-order valence-electron chi connectivity index (χ1n) is 9.44. The summed E-state index contributed by atoms with van der Waals surface area (Å²) >= 11 is 0. The van der Waals surface area contributed by atoms with Gasteiger partial charge in [0.2, 0.25) is 5.91 Å². The van der Waals surface area contributed by atoms with Crippen LogP contribution in [0.4, 0.5) is 23.2 Å². The van der Waals surface area contributed by atoms with Crippen LogP contribution >= 0.6 is 0 Å². The Kier molecular flexibility index (Phi) is 5.77. The van der Waals surface area contributed by atoms with Crippen LogP contribution in [0.15, 0.2) is 30.3 Å².